The van der Waals surface area contributed by atoms with E-state index in [2.05, 4.69) is 67.6 Å². The van der Waals surface area contributed by atoms with Crippen LogP contribution in [-0.2, 0) is 0 Å². The molecule has 0 aliphatic heterocycles. The standard InChI is InChI=1S/C17H13/c1-2-6-13-9-5-10-16-11-14-7-3-4-8-15(14)12-17(13)16/h2-12H,1H2/b6-2+. The summed E-state index contributed by atoms with van der Waals surface area (Å²) in [5.41, 5.74) is 1.23. The van der Waals surface area contributed by atoms with Crippen molar-refractivity contribution < 1.29 is 0 Å². The van der Waals surface area contributed by atoms with Crippen LogP contribution in [0.25, 0.3) is 27.6 Å². The summed E-state index contributed by atoms with van der Waals surface area (Å²) in [6, 6.07) is 19.3. The Morgan fingerprint density at radius 2 is 1.47 bits per heavy atom. The van der Waals surface area contributed by atoms with E-state index in [1.807, 2.05) is 6.08 Å². The molecule has 0 aromatic heterocycles. The van der Waals surface area contributed by atoms with E-state index >= 15 is 0 Å². The second-order valence-electron chi connectivity index (χ2n) is 4.17. The molecule has 0 aliphatic rings. The summed E-state index contributed by atoms with van der Waals surface area (Å²) in [5.74, 6) is 0. The molecule has 0 heteroatoms. The highest BCUT2D eigenvalue weighted by molar-refractivity contribution is 6.01. The Hall–Kier alpha value is -2.08. The van der Waals surface area contributed by atoms with Crippen LogP contribution in [0.15, 0.2) is 60.7 Å². The van der Waals surface area contributed by atoms with E-state index in [0.717, 1.165) is 0 Å². The second-order valence-corrected chi connectivity index (χ2v) is 4.17. The molecule has 17 heavy (non-hydrogen) atoms. The molecule has 1 radical (unpaired) electrons. The molecule has 0 aliphatic carbocycles. The smallest absolute Gasteiger partial charge is 0.0105 e. The van der Waals surface area contributed by atoms with E-state index in [1.165, 1.54) is 27.1 Å². The topological polar surface area (TPSA) is 0 Å². The summed E-state index contributed by atoms with van der Waals surface area (Å²) in [6.07, 6.45) is 3.89. The Morgan fingerprint density at radius 1 is 0.765 bits per heavy atom. The summed E-state index contributed by atoms with van der Waals surface area (Å²) in [4.78, 5) is 0. The third-order valence-electron chi connectivity index (χ3n) is 3.08. The van der Waals surface area contributed by atoms with Crippen LogP contribution in [0.4, 0.5) is 0 Å². The summed E-state index contributed by atoms with van der Waals surface area (Å²) in [5, 5.41) is 5.13. The predicted molar refractivity (Wildman–Crippen MR) is 75.8 cm³/mol. The van der Waals surface area contributed by atoms with Gasteiger partial charge in [-0.05, 0) is 46.2 Å². The minimum absolute atomic E-state index is 1.23. The fourth-order valence-corrected chi connectivity index (χ4v) is 2.26. The highest BCUT2D eigenvalue weighted by atomic mass is 14.0. The zero-order chi connectivity index (χ0) is 11.7. The molecule has 0 fully saturated rings. The first-order chi connectivity index (χ1) is 8.38. The minimum atomic E-state index is 1.23. The zero-order valence-corrected chi connectivity index (χ0v) is 9.56. The molecule has 0 amide bonds. The molecule has 81 valence electrons. The molecule has 0 saturated carbocycles. The molecule has 0 unspecified atom stereocenters. The molecule has 0 nitrogen and oxygen atoms in total. The third-order valence-corrected chi connectivity index (χ3v) is 3.08. The summed E-state index contributed by atoms with van der Waals surface area (Å²) >= 11 is 0. The van der Waals surface area contributed by atoms with Gasteiger partial charge < -0.3 is 0 Å². The van der Waals surface area contributed by atoms with Crippen LogP contribution in [0, 0.1) is 6.92 Å². The van der Waals surface area contributed by atoms with Crippen molar-refractivity contribution >= 4 is 27.6 Å². The van der Waals surface area contributed by atoms with Gasteiger partial charge in [0.15, 0.2) is 0 Å². The van der Waals surface area contributed by atoms with Crippen LogP contribution in [0.1, 0.15) is 5.56 Å². The quantitative estimate of drug-likeness (QED) is 0.511. The van der Waals surface area contributed by atoms with Gasteiger partial charge in [-0.1, -0.05) is 54.6 Å². The number of allylic oxidation sites excluding steroid dienone is 1. The second kappa shape index (κ2) is 4.06. The number of hydrogen-bond acceptors (Lipinski definition) is 0. The largest absolute Gasteiger partial charge is 0.0836 e. The lowest BCUT2D eigenvalue weighted by atomic mass is 9.99. The molecular weight excluding hydrogens is 204 g/mol. The van der Waals surface area contributed by atoms with Gasteiger partial charge in [0.2, 0.25) is 0 Å². The highest BCUT2D eigenvalue weighted by Crippen LogP contribution is 2.26. The minimum Gasteiger partial charge on any atom is -0.0836 e. The molecule has 0 atom stereocenters. The van der Waals surface area contributed by atoms with E-state index in [9.17, 15) is 0 Å². The molecule has 0 heterocycles. The van der Waals surface area contributed by atoms with Crippen molar-refractivity contribution in [1.82, 2.24) is 0 Å². The van der Waals surface area contributed by atoms with E-state index in [-0.39, 0.29) is 0 Å². The third kappa shape index (κ3) is 1.72. The first-order valence-electron chi connectivity index (χ1n) is 5.76. The van der Waals surface area contributed by atoms with Crippen LogP contribution >= 0.6 is 0 Å². The van der Waals surface area contributed by atoms with E-state index in [4.69, 9.17) is 0 Å². The van der Waals surface area contributed by atoms with Crippen LogP contribution in [0.3, 0.4) is 0 Å². The fourth-order valence-electron chi connectivity index (χ4n) is 2.26. The van der Waals surface area contributed by atoms with Gasteiger partial charge in [-0.2, -0.15) is 0 Å². The van der Waals surface area contributed by atoms with Crippen molar-refractivity contribution in [2.75, 3.05) is 0 Å². The van der Waals surface area contributed by atoms with Crippen molar-refractivity contribution in [3.63, 3.8) is 0 Å². The van der Waals surface area contributed by atoms with Crippen molar-refractivity contribution in [3.8, 4) is 0 Å². The van der Waals surface area contributed by atoms with E-state index in [1.54, 1.807) is 0 Å². The van der Waals surface area contributed by atoms with Crippen LogP contribution in [0.5, 0.6) is 0 Å². The van der Waals surface area contributed by atoms with E-state index in [0.29, 0.717) is 0 Å². The van der Waals surface area contributed by atoms with Gasteiger partial charge in [0.05, 0.1) is 0 Å². The maximum atomic E-state index is 3.77. The summed E-state index contributed by atoms with van der Waals surface area (Å²) in [7, 11) is 0. The average molecular weight is 217 g/mol. The number of fused-ring (bicyclic) bond motifs is 2. The number of hydrogen-bond donors (Lipinski definition) is 0. The fraction of sp³-hybridized carbons (Fsp3) is 0. The van der Waals surface area contributed by atoms with Crippen LogP contribution in [0.2, 0.25) is 0 Å². The van der Waals surface area contributed by atoms with Gasteiger partial charge in [-0.15, -0.1) is 0 Å². The molecule has 0 N–H and O–H groups in total. The van der Waals surface area contributed by atoms with Gasteiger partial charge in [0.1, 0.15) is 0 Å². The monoisotopic (exact) mass is 217 g/mol. The summed E-state index contributed by atoms with van der Waals surface area (Å²) in [6.45, 7) is 3.77. The lowest BCUT2D eigenvalue weighted by Gasteiger charge is -2.05. The van der Waals surface area contributed by atoms with Gasteiger partial charge in [0.25, 0.3) is 0 Å². The van der Waals surface area contributed by atoms with Gasteiger partial charge in [-0.3, -0.25) is 0 Å². The Balaban J connectivity index is 2.43. The molecular formula is C17H13. The van der Waals surface area contributed by atoms with Gasteiger partial charge in [0, 0.05) is 0 Å². The maximum absolute atomic E-state index is 3.77. The van der Waals surface area contributed by atoms with E-state index < -0.39 is 0 Å². The van der Waals surface area contributed by atoms with Crippen LogP contribution < -0.4 is 0 Å². The Labute approximate surface area is 101 Å². The normalized spacial score (nSPS) is 11.6. The predicted octanol–water partition coefficient (Wildman–Crippen LogP) is 4.84. The number of benzene rings is 3. The number of rotatable bonds is 1. The SMILES string of the molecule is [CH2]/C=C/c1cccc2cc3ccccc3cc12. The maximum Gasteiger partial charge on any atom is -0.0105 e. The first kappa shape index (κ1) is 10.1. The lowest BCUT2D eigenvalue weighted by molar-refractivity contribution is 1.73. The lowest BCUT2D eigenvalue weighted by Crippen LogP contribution is -1.80. The first-order valence-corrected chi connectivity index (χ1v) is 5.76. The molecule has 3 aromatic rings. The zero-order valence-electron chi connectivity index (χ0n) is 9.56. The molecule has 0 saturated heterocycles. The average Bonchev–Trinajstić information content (AvgIpc) is 2.37. The van der Waals surface area contributed by atoms with Crippen molar-refractivity contribution in [1.29, 1.82) is 0 Å². The molecule has 3 rings (SSSR count). The Morgan fingerprint density at radius 3 is 2.24 bits per heavy atom. The molecule has 3 aromatic carbocycles. The van der Waals surface area contributed by atoms with Crippen molar-refractivity contribution in [3.05, 3.63) is 73.2 Å². The van der Waals surface area contributed by atoms with Gasteiger partial charge in [-0.25, -0.2) is 0 Å². The molecule has 0 bridgehead atoms. The Bertz CT molecular complexity index is 705. The van der Waals surface area contributed by atoms with Gasteiger partial charge >= 0.3 is 0 Å². The Kier molecular flexibility index (Phi) is 2.41. The van der Waals surface area contributed by atoms with Crippen LogP contribution in [-0.4, -0.2) is 0 Å². The van der Waals surface area contributed by atoms with Crippen molar-refractivity contribution in [2.45, 2.75) is 0 Å². The molecule has 0 spiro atoms. The van der Waals surface area contributed by atoms with Crippen molar-refractivity contribution in [2.24, 2.45) is 0 Å². The summed E-state index contributed by atoms with van der Waals surface area (Å²) < 4.78 is 0. The highest BCUT2D eigenvalue weighted by Gasteiger charge is 2.00.